The molecule has 0 aliphatic heterocycles. The van der Waals surface area contributed by atoms with Crippen LogP contribution in [0.15, 0.2) is 87.0 Å². The van der Waals surface area contributed by atoms with Gasteiger partial charge in [0.15, 0.2) is 0 Å². The molecule has 0 heterocycles. The van der Waals surface area contributed by atoms with E-state index < -0.39 is 0 Å². The lowest BCUT2D eigenvalue weighted by atomic mass is 9.41. The van der Waals surface area contributed by atoms with E-state index >= 15 is 0 Å². The fourth-order valence-electron chi connectivity index (χ4n) is 13.6. The Balaban J connectivity index is 1.05. The molecule has 0 N–H and O–H groups in total. The molecule has 4 unspecified atom stereocenters. The summed E-state index contributed by atoms with van der Waals surface area (Å²) >= 11 is 0. The second kappa shape index (κ2) is 10.1. The normalized spacial score (nSPS) is 38.1. The van der Waals surface area contributed by atoms with Crippen molar-refractivity contribution in [1.82, 2.24) is 0 Å². The van der Waals surface area contributed by atoms with Gasteiger partial charge in [0.2, 0.25) is 0 Å². The van der Waals surface area contributed by atoms with E-state index in [2.05, 4.69) is 87.0 Å². The molecule has 0 nitrogen and oxygen atoms in total. The van der Waals surface area contributed by atoms with E-state index in [9.17, 15) is 0 Å². The van der Waals surface area contributed by atoms with Crippen LogP contribution in [0.1, 0.15) is 122 Å². The lowest BCUT2D eigenvalue weighted by molar-refractivity contribution is -0.0297. The van der Waals surface area contributed by atoms with Crippen LogP contribution >= 0.6 is 0 Å². The van der Waals surface area contributed by atoms with Crippen LogP contribution in [0.25, 0.3) is 24.3 Å². The first-order chi connectivity index (χ1) is 22.3. The molecular weight excluding hydrogens is 553 g/mol. The highest BCUT2D eigenvalue weighted by molar-refractivity contribution is 5.66. The molecular formula is C46H50. The quantitative estimate of drug-likeness (QED) is 0.241. The van der Waals surface area contributed by atoms with Gasteiger partial charge in [0.25, 0.3) is 0 Å². The Morgan fingerprint density at radius 3 is 0.978 bits per heavy atom. The molecule has 11 rings (SSSR count). The maximum absolute atomic E-state index is 4.14. The second-order valence-corrected chi connectivity index (χ2v) is 17.1. The molecule has 8 fully saturated rings. The molecule has 0 amide bonds. The molecule has 3 aromatic rings. The highest BCUT2D eigenvalue weighted by atomic mass is 14.6. The third-order valence-electron chi connectivity index (χ3n) is 14.5. The Bertz CT molecular complexity index is 1600. The zero-order valence-corrected chi connectivity index (χ0v) is 27.7. The number of hydrogen-bond acceptors (Lipinski definition) is 0. The van der Waals surface area contributed by atoms with Gasteiger partial charge >= 0.3 is 0 Å². The number of rotatable bonds is 8. The monoisotopic (exact) mass is 602 g/mol. The first kappa shape index (κ1) is 28.8. The van der Waals surface area contributed by atoms with Gasteiger partial charge in [0, 0.05) is 0 Å². The Morgan fingerprint density at radius 1 is 0.391 bits per heavy atom. The molecule has 4 atom stereocenters. The fraction of sp³-hybridized carbons (Fsp3) is 0.435. The van der Waals surface area contributed by atoms with E-state index in [4.69, 9.17) is 0 Å². The van der Waals surface area contributed by atoms with Gasteiger partial charge in [0.1, 0.15) is 0 Å². The van der Waals surface area contributed by atoms with E-state index in [0.29, 0.717) is 21.7 Å². The van der Waals surface area contributed by atoms with Crippen molar-refractivity contribution in [2.45, 2.75) is 98.7 Å². The summed E-state index contributed by atoms with van der Waals surface area (Å²) < 4.78 is 0. The topological polar surface area (TPSA) is 0 Å². The molecule has 0 aromatic heterocycles. The SMILES string of the molecule is C=Cc1ccc(C23CC4CC(CC(c5ccc(C67CC8CC(C6)CC(c6ccc(C=C)c(C=C)c6)(C8)C7)cc5)(C4)C2)C3)cc1C=C. The van der Waals surface area contributed by atoms with Gasteiger partial charge < -0.3 is 0 Å². The van der Waals surface area contributed by atoms with E-state index in [-0.39, 0.29) is 0 Å². The minimum absolute atomic E-state index is 0.304. The van der Waals surface area contributed by atoms with Gasteiger partial charge in [-0.1, -0.05) is 111 Å². The van der Waals surface area contributed by atoms with Crippen molar-refractivity contribution in [3.8, 4) is 0 Å². The molecule has 8 aliphatic carbocycles. The number of hydrogen-bond donors (Lipinski definition) is 0. The fourth-order valence-corrected chi connectivity index (χ4v) is 13.6. The maximum Gasteiger partial charge on any atom is -0.00330 e. The smallest absolute Gasteiger partial charge is 0.00330 e. The molecule has 8 bridgehead atoms. The number of benzene rings is 3. The third-order valence-corrected chi connectivity index (χ3v) is 14.5. The summed E-state index contributed by atoms with van der Waals surface area (Å²) in [4.78, 5) is 0. The lowest BCUT2D eigenvalue weighted by Gasteiger charge is -2.63. The van der Waals surface area contributed by atoms with Crippen LogP contribution in [-0.2, 0) is 21.7 Å². The maximum atomic E-state index is 4.14. The van der Waals surface area contributed by atoms with Gasteiger partial charge in [-0.25, -0.2) is 0 Å². The largest absolute Gasteiger partial charge is 0.0984 e. The molecule has 3 aromatic carbocycles. The predicted molar refractivity (Wildman–Crippen MR) is 196 cm³/mol. The summed E-state index contributed by atoms with van der Waals surface area (Å²) in [5, 5.41) is 0. The van der Waals surface area contributed by atoms with Crippen molar-refractivity contribution in [3.05, 3.63) is 131 Å². The average Bonchev–Trinajstić information content (AvgIpc) is 3.06. The Hall–Kier alpha value is -3.38. The zero-order valence-electron chi connectivity index (χ0n) is 27.7. The van der Waals surface area contributed by atoms with Crippen molar-refractivity contribution in [2.24, 2.45) is 23.7 Å². The van der Waals surface area contributed by atoms with E-state index in [1.165, 1.54) is 99.3 Å². The van der Waals surface area contributed by atoms with Crippen molar-refractivity contribution in [3.63, 3.8) is 0 Å². The summed E-state index contributed by atoms with van der Waals surface area (Å²) in [5.41, 5.74) is 12.5. The average molecular weight is 603 g/mol. The molecule has 0 heteroatoms. The Kier molecular flexibility index (Phi) is 6.30. The molecule has 0 radical (unpaired) electrons. The van der Waals surface area contributed by atoms with Crippen molar-refractivity contribution in [2.75, 3.05) is 0 Å². The second-order valence-electron chi connectivity index (χ2n) is 17.1. The summed E-state index contributed by atoms with van der Waals surface area (Å²) in [6, 6.07) is 24.8. The highest BCUT2D eigenvalue weighted by Crippen LogP contribution is 2.68. The molecule has 8 aliphatic rings. The Labute approximate surface area is 277 Å². The van der Waals surface area contributed by atoms with Gasteiger partial charge in [0.05, 0.1) is 0 Å². The van der Waals surface area contributed by atoms with Crippen LogP contribution < -0.4 is 0 Å². The predicted octanol–water partition coefficient (Wildman–Crippen LogP) is 11.8. The summed E-state index contributed by atoms with van der Waals surface area (Å²) in [7, 11) is 0. The van der Waals surface area contributed by atoms with Crippen LogP contribution in [0.5, 0.6) is 0 Å². The van der Waals surface area contributed by atoms with Crippen LogP contribution in [0.4, 0.5) is 0 Å². The molecule has 0 spiro atoms. The van der Waals surface area contributed by atoms with Crippen LogP contribution in [0.2, 0.25) is 0 Å². The lowest BCUT2D eigenvalue weighted by Crippen LogP contribution is -2.56. The molecule has 46 heavy (non-hydrogen) atoms. The zero-order chi connectivity index (χ0) is 31.3. The minimum atomic E-state index is 0.304. The summed E-state index contributed by atoms with van der Waals surface area (Å²) in [6.45, 7) is 16.4. The van der Waals surface area contributed by atoms with Crippen LogP contribution in [0.3, 0.4) is 0 Å². The van der Waals surface area contributed by atoms with Gasteiger partial charge in [-0.15, -0.1) is 0 Å². The van der Waals surface area contributed by atoms with Crippen molar-refractivity contribution >= 4 is 24.3 Å². The minimum Gasteiger partial charge on any atom is -0.0984 e. The summed E-state index contributed by atoms with van der Waals surface area (Å²) in [6.07, 6.45) is 24.5. The molecule has 8 saturated carbocycles. The first-order valence-corrected chi connectivity index (χ1v) is 18.2. The van der Waals surface area contributed by atoms with Gasteiger partial charge in [-0.2, -0.15) is 0 Å². The Morgan fingerprint density at radius 2 is 0.674 bits per heavy atom. The van der Waals surface area contributed by atoms with Crippen molar-refractivity contribution in [1.29, 1.82) is 0 Å². The van der Waals surface area contributed by atoms with E-state index in [1.807, 2.05) is 24.3 Å². The first-order valence-electron chi connectivity index (χ1n) is 18.2. The summed E-state index contributed by atoms with van der Waals surface area (Å²) in [5.74, 6) is 3.40. The molecule has 234 valence electrons. The third kappa shape index (κ3) is 4.11. The highest BCUT2D eigenvalue weighted by Gasteiger charge is 2.60. The van der Waals surface area contributed by atoms with Crippen molar-refractivity contribution < 1.29 is 0 Å². The van der Waals surface area contributed by atoms with Crippen LogP contribution in [0, 0.1) is 23.7 Å². The van der Waals surface area contributed by atoms with E-state index in [1.54, 1.807) is 22.3 Å². The van der Waals surface area contributed by atoms with Gasteiger partial charge in [-0.3, -0.25) is 0 Å². The van der Waals surface area contributed by atoms with E-state index in [0.717, 1.165) is 23.7 Å². The standard InChI is InChI=1S/C46H50/c1-5-35-9-11-41(19-37(35)7-3)45-25-31-17-32(26-45)22-43(21-31,29-45)39-13-15-40(16-14-39)44-23-33-18-34(24-44)28-46(27-33,30-44)42-12-10-36(6-2)38(8-4)20-42/h5-16,19-20,31-34H,1-4,17-18,21-30H2. The molecule has 0 saturated heterocycles. The van der Waals surface area contributed by atoms with Gasteiger partial charge in [-0.05, 0) is 167 Å². The van der Waals surface area contributed by atoms with Crippen LogP contribution in [-0.4, -0.2) is 0 Å².